The molecule has 1 aromatic heterocycles. The van der Waals surface area contributed by atoms with Crippen LogP contribution in [0.3, 0.4) is 0 Å². The van der Waals surface area contributed by atoms with Gasteiger partial charge in [0.25, 0.3) is 17.7 Å². The Balaban J connectivity index is 1.66. The molecular weight excluding hydrogens is 417 g/mol. The van der Waals surface area contributed by atoms with Crippen molar-refractivity contribution in [2.24, 2.45) is 0 Å². The summed E-state index contributed by atoms with van der Waals surface area (Å²) in [4.78, 5) is 36.1. The summed E-state index contributed by atoms with van der Waals surface area (Å²) in [5.41, 5.74) is 2.12. The first-order chi connectivity index (χ1) is 14.4. The number of hydroxylamine groups is 1. The first kappa shape index (κ1) is 21.0. The van der Waals surface area contributed by atoms with Gasteiger partial charge in [-0.1, -0.05) is 29.8 Å². The highest BCUT2D eigenvalue weighted by Crippen LogP contribution is 2.21. The van der Waals surface area contributed by atoms with Crippen LogP contribution in [0.15, 0.2) is 48.7 Å². The van der Waals surface area contributed by atoms with Crippen LogP contribution in [0, 0.1) is 5.82 Å². The highest BCUT2D eigenvalue weighted by Gasteiger charge is 2.20. The summed E-state index contributed by atoms with van der Waals surface area (Å²) in [5, 5.41) is 19.8. The quantitative estimate of drug-likeness (QED) is 0.302. The zero-order valence-electron chi connectivity index (χ0n) is 15.2. The molecule has 0 aliphatic carbocycles. The molecule has 0 saturated heterocycles. The van der Waals surface area contributed by atoms with Gasteiger partial charge >= 0.3 is 0 Å². The lowest BCUT2D eigenvalue weighted by molar-refractivity contribution is 0.0706. The van der Waals surface area contributed by atoms with Crippen molar-refractivity contribution in [1.82, 2.24) is 21.0 Å². The molecule has 30 heavy (non-hydrogen) atoms. The van der Waals surface area contributed by atoms with Crippen molar-refractivity contribution < 1.29 is 24.0 Å². The fraction of sp³-hybridized carbons (Fsp3) is 0.0526. The number of halogens is 2. The lowest BCUT2D eigenvalue weighted by Gasteiger charge is -2.09. The molecule has 1 heterocycles. The lowest BCUT2D eigenvalue weighted by atomic mass is 10.1. The molecular formula is C19H15ClFN5O4. The highest BCUT2D eigenvalue weighted by molar-refractivity contribution is 6.34. The number of rotatable bonds is 6. The van der Waals surface area contributed by atoms with Gasteiger partial charge in [0, 0.05) is 12.1 Å². The molecule has 9 nitrogen and oxygen atoms in total. The van der Waals surface area contributed by atoms with Crippen molar-refractivity contribution in [2.75, 3.05) is 5.32 Å². The van der Waals surface area contributed by atoms with E-state index in [1.165, 1.54) is 35.9 Å². The largest absolute Gasteiger partial charge is 0.347 e. The van der Waals surface area contributed by atoms with Crippen LogP contribution in [0.1, 0.15) is 36.8 Å². The van der Waals surface area contributed by atoms with Crippen LogP contribution in [0.2, 0.25) is 5.02 Å². The molecule has 5 N–H and O–H groups in total. The van der Waals surface area contributed by atoms with Crippen molar-refractivity contribution in [3.63, 3.8) is 0 Å². The summed E-state index contributed by atoms with van der Waals surface area (Å²) in [7, 11) is 0. The van der Waals surface area contributed by atoms with Gasteiger partial charge < -0.3 is 10.6 Å². The lowest BCUT2D eigenvalue weighted by Crippen LogP contribution is -2.25. The summed E-state index contributed by atoms with van der Waals surface area (Å²) in [6.07, 6.45) is 1.21. The molecule has 0 saturated carbocycles. The molecule has 0 fully saturated rings. The molecule has 0 spiro atoms. The second-order valence-electron chi connectivity index (χ2n) is 6.03. The Hall–Kier alpha value is -3.76. The van der Waals surface area contributed by atoms with Gasteiger partial charge in [-0.25, -0.2) is 9.87 Å². The van der Waals surface area contributed by atoms with Gasteiger partial charge in [-0.15, -0.1) is 0 Å². The smallest absolute Gasteiger partial charge is 0.274 e. The van der Waals surface area contributed by atoms with Crippen molar-refractivity contribution in [3.05, 3.63) is 81.9 Å². The highest BCUT2D eigenvalue weighted by atomic mass is 35.5. The normalized spacial score (nSPS) is 10.4. The van der Waals surface area contributed by atoms with E-state index in [-0.39, 0.29) is 34.1 Å². The number of H-pyrrole nitrogens is 1. The maximum Gasteiger partial charge on any atom is 0.274 e. The van der Waals surface area contributed by atoms with E-state index < -0.39 is 23.5 Å². The second kappa shape index (κ2) is 9.16. The number of aromatic nitrogens is 2. The number of nitrogens with one attached hydrogen (secondary N) is 4. The Kier molecular flexibility index (Phi) is 6.40. The fourth-order valence-corrected chi connectivity index (χ4v) is 2.81. The van der Waals surface area contributed by atoms with Gasteiger partial charge in [0.1, 0.15) is 11.5 Å². The molecule has 0 atom stereocenters. The van der Waals surface area contributed by atoms with Crippen molar-refractivity contribution in [2.45, 2.75) is 6.54 Å². The number of amides is 3. The summed E-state index contributed by atoms with van der Waals surface area (Å²) in [6, 6.07) is 9.99. The minimum absolute atomic E-state index is 0.0351. The van der Waals surface area contributed by atoms with Crippen LogP contribution in [0.5, 0.6) is 0 Å². The first-order valence-corrected chi connectivity index (χ1v) is 8.88. The molecule has 3 amide bonds. The Morgan fingerprint density at radius 3 is 2.47 bits per heavy atom. The van der Waals surface area contributed by atoms with Gasteiger partial charge in [0.2, 0.25) is 0 Å². The molecule has 2 aromatic carbocycles. The zero-order valence-corrected chi connectivity index (χ0v) is 16.0. The Bertz CT molecular complexity index is 1080. The zero-order chi connectivity index (χ0) is 21.7. The van der Waals surface area contributed by atoms with Gasteiger partial charge in [0.05, 0.1) is 22.5 Å². The summed E-state index contributed by atoms with van der Waals surface area (Å²) in [6.45, 7) is 0.116. The number of aromatic amines is 1. The predicted molar refractivity (Wildman–Crippen MR) is 105 cm³/mol. The van der Waals surface area contributed by atoms with E-state index in [9.17, 15) is 18.8 Å². The van der Waals surface area contributed by atoms with Crippen molar-refractivity contribution >= 4 is 35.0 Å². The molecule has 11 heteroatoms. The number of hydrogen-bond donors (Lipinski definition) is 5. The van der Waals surface area contributed by atoms with Crippen LogP contribution < -0.4 is 16.1 Å². The standard InChI is InChI=1S/C19H15ClFN5O4/c20-12-2-1-3-13(21)15(12)18(28)24-14-9-23-25-16(14)19(29)22-8-10-4-6-11(7-5-10)17(27)26-30/h1-7,9,30H,8H2,(H,22,29)(H,23,25)(H,24,28)(H,26,27). The van der Waals surface area contributed by atoms with E-state index >= 15 is 0 Å². The van der Waals surface area contributed by atoms with E-state index in [4.69, 9.17) is 16.8 Å². The third kappa shape index (κ3) is 4.62. The van der Waals surface area contributed by atoms with E-state index in [2.05, 4.69) is 20.8 Å². The molecule has 3 aromatic rings. The maximum atomic E-state index is 13.9. The van der Waals surface area contributed by atoms with E-state index in [1.54, 1.807) is 12.1 Å². The number of nitrogens with zero attached hydrogens (tertiary/aromatic N) is 1. The summed E-state index contributed by atoms with van der Waals surface area (Å²) >= 11 is 5.88. The van der Waals surface area contributed by atoms with Gasteiger partial charge in [0.15, 0.2) is 0 Å². The van der Waals surface area contributed by atoms with Crippen LogP contribution in [0.25, 0.3) is 0 Å². The second-order valence-corrected chi connectivity index (χ2v) is 6.44. The van der Waals surface area contributed by atoms with Crippen LogP contribution in [0.4, 0.5) is 10.1 Å². The van der Waals surface area contributed by atoms with Crippen molar-refractivity contribution in [1.29, 1.82) is 0 Å². The third-order valence-electron chi connectivity index (χ3n) is 4.08. The van der Waals surface area contributed by atoms with Gasteiger partial charge in [-0.05, 0) is 29.8 Å². The van der Waals surface area contributed by atoms with E-state index in [0.717, 1.165) is 6.07 Å². The number of anilines is 1. The number of benzene rings is 2. The minimum atomic E-state index is -0.828. The molecule has 154 valence electrons. The molecule has 0 radical (unpaired) electrons. The van der Waals surface area contributed by atoms with Crippen molar-refractivity contribution in [3.8, 4) is 0 Å². The Morgan fingerprint density at radius 1 is 1.07 bits per heavy atom. The molecule has 0 bridgehead atoms. The monoisotopic (exact) mass is 431 g/mol. The molecule has 0 aliphatic heterocycles. The predicted octanol–water partition coefficient (Wildman–Crippen LogP) is 2.50. The van der Waals surface area contributed by atoms with Crippen LogP contribution in [-0.2, 0) is 6.54 Å². The van der Waals surface area contributed by atoms with Crippen LogP contribution in [-0.4, -0.2) is 33.1 Å². The molecule has 0 unspecified atom stereocenters. The average molecular weight is 432 g/mol. The number of hydrogen-bond acceptors (Lipinski definition) is 5. The van der Waals surface area contributed by atoms with Gasteiger partial charge in [-0.2, -0.15) is 5.10 Å². The molecule has 3 rings (SSSR count). The van der Waals surface area contributed by atoms with E-state index in [0.29, 0.717) is 5.56 Å². The average Bonchev–Trinajstić information content (AvgIpc) is 3.19. The Morgan fingerprint density at radius 2 is 1.80 bits per heavy atom. The summed E-state index contributed by atoms with van der Waals surface area (Å²) in [5.74, 6) is -2.85. The minimum Gasteiger partial charge on any atom is -0.347 e. The first-order valence-electron chi connectivity index (χ1n) is 8.51. The fourth-order valence-electron chi connectivity index (χ4n) is 2.56. The van der Waals surface area contributed by atoms with Gasteiger partial charge in [-0.3, -0.25) is 24.7 Å². The topological polar surface area (TPSA) is 136 Å². The Labute approximate surface area is 174 Å². The number of carbonyl (C=O) groups is 3. The number of carbonyl (C=O) groups excluding carboxylic acids is 3. The SMILES string of the molecule is O=C(NO)c1ccc(CNC(=O)c2[nH]ncc2NC(=O)c2c(F)cccc2Cl)cc1. The summed E-state index contributed by atoms with van der Waals surface area (Å²) < 4.78 is 13.9. The maximum absolute atomic E-state index is 13.9. The third-order valence-corrected chi connectivity index (χ3v) is 4.39. The van der Waals surface area contributed by atoms with Crippen LogP contribution >= 0.6 is 11.6 Å². The molecule has 0 aliphatic rings. The van der Waals surface area contributed by atoms with E-state index in [1.807, 2.05) is 0 Å².